The molecule has 2 atom stereocenters. The van der Waals surface area contributed by atoms with Gasteiger partial charge in [0.25, 0.3) is 0 Å². The van der Waals surface area contributed by atoms with Crippen molar-refractivity contribution in [1.82, 2.24) is 9.36 Å². The first kappa shape index (κ1) is 13.3. The Morgan fingerprint density at radius 3 is 2.65 bits per heavy atom. The minimum atomic E-state index is 0.416. The van der Waals surface area contributed by atoms with E-state index in [1.165, 1.54) is 37.2 Å². The second kappa shape index (κ2) is 5.65. The highest BCUT2D eigenvalue weighted by Gasteiger charge is 2.28. The largest absolute Gasteiger partial charge is 0.346 e. The Morgan fingerprint density at radius 2 is 2.06 bits per heavy atom. The number of hydrogen-bond acceptors (Lipinski definition) is 4. The van der Waals surface area contributed by atoms with Gasteiger partial charge < -0.3 is 4.90 Å². The Kier molecular flexibility index (Phi) is 4.42. The number of nitrogens with zero attached hydrogens (tertiary/aromatic N) is 3. The topological polar surface area (TPSA) is 29.0 Å². The van der Waals surface area contributed by atoms with Crippen LogP contribution in [0.2, 0.25) is 0 Å². The third kappa shape index (κ3) is 2.99. The van der Waals surface area contributed by atoms with E-state index in [1.807, 2.05) is 0 Å². The van der Waals surface area contributed by atoms with Crippen LogP contribution >= 0.6 is 27.5 Å². The first-order valence-electron chi connectivity index (χ1n) is 6.30. The van der Waals surface area contributed by atoms with Crippen molar-refractivity contribution >= 4 is 32.6 Å². The van der Waals surface area contributed by atoms with Crippen molar-refractivity contribution in [2.45, 2.75) is 56.3 Å². The smallest absolute Gasteiger partial charge is 0.205 e. The highest BCUT2D eigenvalue weighted by molar-refractivity contribution is 9.09. The van der Waals surface area contributed by atoms with Crippen LogP contribution < -0.4 is 4.90 Å². The molecule has 96 valence electrons. The van der Waals surface area contributed by atoms with E-state index in [-0.39, 0.29) is 0 Å². The Bertz CT molecular complexity index is 366. The molecular weight excluding hydrogens is 298 g/mol. The van der Waals surface area contributed by atoms with Gasteiger partial charge >= 0.3 is 0 Å². The lowest BCUT2D eigenvalue weighted by atomic mass is 9.94. The summed E-state index contributed by atoms with van der Waals surface area (Å²) in [6.07, 6.45) is 5.19. The van der Waals surface area contributed by atoms with Crippen LogP contribution in [0.1, 0.15) is 51.3 Å². The lowest BCUT2D eigenvalue weighted by Crippen LogP contribution is -2.40. The van der Waals surface area contributed by atoms with Crippen LogP contribution in [0, 0.1) is 0 Å². The van der Waals surface area contributed by atoms with Crippen LogP contribution in [0.15, 0.2) is 0 Å². The molecule has 2 unspecified atom stereocenters. The number of alkyl halides is 1. The summed E-state index contributed by atoms with van der Waals surface area (Å²) in [4.78, 5) is 7.53. The molecule has 0 N–H and O–H groups in total. The van der Waals surface area contributed by atoms with Crippen LogP contribution in [0.3, 0.4) is 0 Å². The molecule has 1 aromatic rings. The van der Waals surface area contributed by atoms with Crippen molar-refractivity contribution in [3.05, 3.63) is 5.82 Å². The fraction of sp³-hybridized carbons (Fsp3) is 0.833. The quantitative estimate of drug-likeness (QED) is 0.794. The van der Waals surface area contributed by atoms with Crippen molar-refractivity contribution < 1.29 is 0 Å². The van der Waals surface area contributed by atoms with Crippen molar-refractivity contribution in [3.8, 4) is 0 Å². The van der Waals surface area contributed by atoms with Crippen molar-refractivity contribution in [2.75, 3.05) is 11.9 Å². The third-order valence-electron chi connectivity index (χ3n) is 3.39. The maximum atomic E-state index is 4.63. The summed E-state index contributed by atoms with van der Waals surface area (Å²) in [5.41, 5.74) is 0. The van der Waals surface area contributed by atoms with E-state index >= 15 is 0 Å². The zero-order valence-electron chi connectivity index (χ0n) is 10.7. The molecule has 1 saturated carbocycles. The van der Waals surface area contributed by atoms with Crippen LogP contribution in [-0.4, -0.2) is 27.3 Å². The first-order valence-corrected chi connectivity index (χ1v) is 7.99. The molecule has 1 aliphatic carbocycles. The summed E-state index contributed by atoms with van der Waals surface area (Å²) in [6.45, 7) is 4.28. The van der Waals surface area contributed by atoms with E-state index in [0.717, 1.165) is 11.0 Å². The molecule has 0 aliphatic heterocycles. The predicted octanol–water partition coefficient (Wildman–Crippen LogP) is 3.80. The molecule has 1 heterocycles. The fourth-order valence-electron chi connectivity index (χ4n) is 2.25. The summed E-state index contributed by atoms with van der Waals surface area (Å²) in [7, 11) is 2.15. The molecule has 0 saturated heterocycles. The third-order valence-corrected chi connectivity index (χ3v) is 5.28. The van der Waals surface area contributed by atoms with Gasteiger partial charge in [0, 0.05) is 35.4 Å². The number of halogens is 1. The molecule has 0 radical (unpaired) electrons. The first-order chi connectivity index (χ1) is 8.09. The molecular formula is C12H20BrN3S. The molecule has 17 heavy (non-hydrogen) atoms. The summed E-state index contributed by atoms with van der Waals surface area (Å²) in [5, 5.41) is 1.06. The minimum Gasteiger partial charge on any atom is -0.346 e. The highest BCUT2D eigenvalue weighted by atomic mass is 79.9. The summed E-state index contributed by atoms with van der Waals surface area (Å²) >= 11 is 5.33. The average molecular weight is 318 g/mol. The number of anilines is 1. The van der Waals surface area contributed by atoms with E-state index < -0.39 is 0 Å². The average Bonchev–Trinajstić information content (AvgIpc) is 2.78. The normalized spacial score (nSPS) is 25.2. The zero-order chi connectivity index (χ0) is 12.4. The van der Waals surface area contributed by atoms with Gasteiger partial charge in [-0.3, -0.25) is 0 Å². The van der Waals surface area contributed by atoms with Gasteiger partial charge in [-0.15, -0.1) is 0 Å². The lowest BCUT2D eigenvalue weighted by molar-refractivity contribution is 0.443. The van der Waals surface area contributed by atoms with Crippen molar-refractivity contribution in [1.29, 1.82) is 0 Å². The van der Waals surface area contributed by atoms with Crippen LogP contribution in [0.25, 0.3) is 0 Å². The molecule has 1 aliphatic rings. The Morgan fingerprint density at radius 1 is 1.35 bits per heavy atom. The van der Waals surface area contributed by atoms with Crippen LogP contribution in [0.5, 0.6) is 0 Å². The van der Waals surface area contributed by atoms with Gasteiger partial charge in [0.2, 0.25) is 5.13 Å². The van der Waals surface area contributed by atoms with Gasteiger partial charge in [0.15, 0.2) is 0 Å². The van der Waals surface area contributed by atoms with Gasteiger partial charge in [-0.05, 0) is 12.8 Å². The number of rotatable bonds is 3. The highest BCUT2D eigenvalue weighted by Crippen LogP contribution is 2.31. The van der Waals surface area contributed by atoms with Gasteiger partial charge in [0.1, 0.15) is 5.82 Å². The van der Waals surface area contributed by atoms with Gasteiger partial charge in [0.05, 0.1) is 0 Å². The fourth-order valence-corrected chi connectivity index (χ4v) is 4.02. The predicted molar refractivity (Wildman–Crippen MR) is 77.4 cm³/mol. The van der Waals surface area contributed by atoms with Crippen molar-refractivity contribution in [3.63, 3.8) is 0 Å². The van der Waals surface area contributed by atoms with E-state index in [1.54, 1.807) is 0 Å². The molecule has 0 spiro atoms. The van der Waals surface area contributed by atoms with E-state index in [4.69, 9.17) is 0 Å². The molecule has 3 nitrogen and oxygen atoms in total. The second-order valence-electron chi connectivity index (χ2n) is 5.07. The summed E-state index contributed by atoms with van der Waals surface area (Å²) < 4.78 is 4.43. The Balaban J connectivity index is 2.09. The standard InChI is InChI=1S/C12H20BrN3S/c1-8(2)11-14-12(17-15-11)16(3)10-7-5-4-6-9(10)13/h8-10H,4-7H2,1-3H3. The molecule has 1 aromatic heterocycles. The van der Waals surface area contributed by atoms with Gasteiger partial charge in [-0.1, -0.05) is 42.6 Å². The van der Waals surface area contributed by atoms with E-state index in [0.29, 0.717) is 16.8 Å². The number of aromatic nitrogens is 2. The molecule has 0 amide bonds. The van der Waals surface area contributed by atoms with Crippen LogP contribution in [-0.2, 0) is 0 Å². The summed E-state index contributed by atoms with van der Waals surface area (Å²) in [5.74, 6) is 1.39. The maximum absolute atomic E-state index is 4.63. The number of hydrogen-bond donors (Lipinski definition) is 0. The maximum Gasteiger partial charge on any atom is 0.205 e. The molecule has 1 fully saturated rings. The monoisotopic (exact) mass is 317 g/mol. The Hall–Kier alpha value is -0.160. The second-order valence-corrected chi connectivity index (χ2v) is 6.97. The molecule has 5 heteroatoms. The minimum absolute atomic E-state index is 0.416. The molecule has 2 rings (SSSR count). The van der Waals surface area contributed by atoms with Crippen molar-refractivity contribution in [2.24, 2.45) is 0 Å². The van der Waals surface area contributed by atoms with E-state index in [2.05, 4.69) is 51.1 Å². The van der Waals surface area contributed by atoms with Gasteiger partial charge in [-0.2, -0.15) is 4.37 Å². The lowest BCUT2D eigenvalue weighted by Gasteiger charge is -2.34. The van der Waals surface area contributed by atoms with Crippen LogP contribution in [0.4, 0.5) is 5.13 Å². The SMILES string of the molecule is CC(C)c1nsc(N(C)C2CCCCC2Br)n1. The Labute approximate surface area is 116 Å². The molecule has 0 aromatic carbocycles. The molecule has 0 bridgehead atoms. The summed E-state index contributed by atoms with van der Waals surface area (Å²) in [6, 6.07) is 0.566. The zero-order valence-corrected chi connectivity index (χ0v) is 13.1. The van der Waals surface area contributed by atoms with Gasteiger partial charge in [-0.25, -0.2) is 4.98 Å². The van der Waals surface area contributed by atoms with E-state index in [9.17, 15) is 0 Å².